The van der Waals surface area contributed by atoms with Crippen molar-refractivity contribution in [2.75, 3.05) is 44.6 Å². The molecule has 0 aliphatic carbocycles. The Hall–Kier alpha value is -2.57. The van der Waals surface area contributed by atoms with Gasteiger partial charge in [0.1, 0.15) is 0 Å². The van der Waals surface area contributed by atoms with Crippen LogP contribution in [-0.2, 0) is 4.79 Å². The summed E-state index contributed by atoms with van der Waals surface area (Å²) in [6.45, 7) is 4.76. The number of carbonyl (C=O) groups is 2. The molecule has 7 heteroatoms. The molecular weight excluding hydrogens is 424 g/mol. The number of halogens is 1. The van der Waals surface area contributed by atoms with E-state index in [0.717, 1.165) is 31.6 Å². The first-order chi connectivity index (χ1) is 15.6. The second-order valence-corrected chi connectivity index (χ2v) is 9.16. The zero-order chi connectivity index (χ0) is 22.3. The van der Waals surface area contributed by atoms with Gasteiger partial charge in [0, 0.05) is 42.8 Å². The topological polar surface area (TPSA) is 64.7 Å². The number of amides is 3. The molecule has 0 aromatic heterocycles. The largest absolute Gasteiger partial charge is 0.355 e. The first kappa shape index (κ1) is 22.6. The van der Waals surface area contributed by atoms with Gasteiger partial charge in [-0.15, -0.1) is 0 Å². The number of anilines is 1. The van der Waals surface area contributed by atoms with Crippen molar-refractivity contribution >= 4 is 29.2 Å². The third kappa shape index (κ3) is 6.02. The van der Waals surface area contributed by atoms with E-state index in [9.17, 15) is 9.59 Å². The molecular formula is C25H31ClN4O2. The van der Waals surface area contributed by atoms with Gasteiger partial charge in [0.2, 0.25) is 5.91 Å². The third-order valence-electron chi connectivity index (χ3n) is 6.38. The lowest BCUT2D eigenvalue weighted by atomic mass is 9.84. The van der Waals surface area contributed by atoms with E-state index in [-0.39, 0.29) is 23.8 Å². The van der Waals surface area contributed by atoms with Crippen LogP contribution in [0.1, 0.15) is 30.7 Å². The first-order valence-corrected chi connectivity index (χ1v) is 11.8. The van der Waals surface area contributed by atoms with Crippen LogP contribution >= 0.6 is 11.6 Å². The predicted molar refractivity (Wildman–Crippen MR) is 128 cm³/mol. The van der Waals surface area contributed by atoms with Crippen molar-refractivity contribution in [3.63, 3.8) is 0 Å². The van der Waals surface area contributed by atoms with E-state index < -0.39 is 0 Å². The van der Waals surface area contributed by atoms with E-state index in [1.807, 2.05) is 24.3 Å². The Balaban J connectivity index is 1.42. The number of urea groups is 1. The average Bonchev–Trinajstić information content (AvgIpc) is 3.33. The number of nitrogens with one attached hydrogen (secondary N) is 2. The molecule has 2 aliphatic rings. The minimum Gasteiger partial charge on any atom is -0.355 e. The molecule has 2 heterocycles. The summed E-state index contributed by atoms with van der Waals surface area (Å²) in [6, 6.07) is 17.0. The van der Waals surface area contributed by atoms with Crippen molar-refractivity contribution in [1.29, 1.82) is 0 Å². The van der Waals surface area contributed by atoms with Gasteiger partial charge in [0.15, 0.2) is 0 Å². The highest BCUT2D eigenvalue weighted by Crippen LogP contribution is 2.31. The maximum Gasteiger partial charge on any atom is 0.321 e. The van der Waals surface area contributed by atoms with Crippen LogP contribution in [0.4, 0.5) is 10.5 Å². The number of carbonyl (C=O) groups excluding carboxylic acids is 2. The van der Waals surface area contributed by atoms with Gasteiger partial charge in [-0.1, -0.05) is 48.0 Å². The Morgan fingerprint density at radius 3 is 2.53 bits per heavy atom. The van der Waals surface area contributed by atoms with Crippen molar-refractivity contribution in [3.8, 4) is 0 Å². The molecule has 4 rings (SSSR count). The third-order valence-corrected chi connectivity index (χ3v) is 6.62. The Bertz CT molecular complexity index is 917. The van der Waals surface area contributed by atoms with Gasteiger partial charge >= 0.3 is 6.03 Å². The maximum absolute atomic E-state index is 13.0. The smallest absolute Gasteiger partial charge is 0.321 e. The second-order valence-electron chi connectivity index (χ2n) is 8.73. The first-order valence-electron chi connectivity index (χ1n) is 11.4. The average molecular weight is 455 g/mol. The minimum atomic E-state index is -0.238. The summed E-state index contributed by atoms with van der Waals surface area (Å²) in [6.07, 6.45) is 3.22. The van der Waals surface area contributed by atoms with Gasteiger partial charge in [0.05, 0.1) is 5.92 Å². The fourth-order valence-electron chi connectivity index (χ4n) is 4.68. The summed E-state index contributed by atoms with van der Waals surface area (Å²) in [7, 11) is 0. The SMILES string of the molecule is O=C(NCCN1CCCC1)[C@H]1C[C@H](c2ccccc2)CN(C(=O)Nc2cccc(Cl)c2)C1. The van der Waals surface area contributed by atoms with Crippen LogP contribution < -0.4 is 10.6 Å². The van der Waals surface area contributed by atoms with Crippen LogP contribution in [-0.4, -0.2) is 61.0 Å². The molecule has 32 heavy (non-hydrogen) atoms. The summed E-state index contributed by atoms with van der Waals surface area (Å²) in [5.74, 6) is -0.0903. The van der Waals surface area contributed by atoms with Crippen LogP contribution in [0.15, 0.2) is 54.6 Å². The normalized spacial score (nSPS) is 21.3. The van der Waals surface area contributed by atoms with Gasteiger partial charge < -0.3 is 20.4 Å². The lowest BCUT2D eigenvalue weighted by Gasteiger charge is -2.37. The summed E-state index contributed by atoms with van der Waals surface area (Å²) < 4.78 is 0. The molecule has 2 aliphatic heterocycles. The molecule has 0 saturated carbocycles. The van der Waals surface area contributed by atoms with Crippen LogP contribution in [0.5, 0.6) is 0 Å². The maximum atomic E-state index is 13.0. The van der Waals surface area contributed by atoms with Gasteiger partial charge in [-0.3, -0.25) is 4.79 Å². The lowest BCUT2D eigenvalue weighted by molar-refractivity contribution is -0.126. The van der Waals surface area contributed by atoms with Crippen molar-refractivity contribution in [3.05, 3.63) is 65.2 Å². The van der Waals surface area contributed by atoms with E-state index in [1.54, 1.807) is 23.1 Å². The van der Waals surface area contributed by atoms with Crippen LogP contribution in [0.25, 0.3) is 0 Å². The highest BCUT2D eigenvalue weighted by atomic mass is 35.5. The molecule has 2 fully saturated rings. The van der Waals surface area contributed by atoms with Gasteiger partial charge in [-0.05, 0) is 56.1 Å². The minimum absolute atomic E-state index is 0.0328. The quantitative estimate of drug-likeness (QED) is 0.687. The van der Waals surface area contributed by atoms with E-state index >= 15 is 0 Å². The summed E-state index contributed by atoms with van der Waals surface area (Å²) in [5.41, 5.74) is 1.80. The number of rotatable bonds is 6. The standard InChI is InChI=1S/C25H31ClN4O2/c26-22-9-6-10-23(16-22)28-25(32)30-17-20(19-7-2-1-3-8-19)15-21(18-30)24(31)27-11-14-29-12-4-5-13-29/h1-3,6-10,16,20-21H,4-5,11-15,17-18H2,(H,27,31)(H,28,32)/t20-,21-/m0/s1. The van der Waals surface area contributed by atoms with E-state index in [1.165, 1.54) is 12.8 Å². The zero-order valence-corrected chi connectivity index (χ0v) is 19.1. The van der Waals surface area contributed by atoms with Gasteiger partial charge in [-0.25, -0.2) is 4.79 Å². The van der Waals surface area contributed by atoms with Crippen LogP contribution in [0.3, 0.4) is 0 Å². The summed E-state index contributed by atoms with van der Waals surface area (Å²) >= 11 is 6.06. The second kappa shape index (κ2) is 10.8. The van der Waals surface area contributed by atoms with E-state index in [4.69, 9.17) is 11.6 Å². The van der Waals surface area contributed by atoms with Crippen molar-refractivity contribution in [2.24, 2.45) is 5.92 Å². The fraction of sp³-hybridized carbons (Fsp3) is 0.440. The molecule has 6 nitrogen and oxygen atoms in total. The number of benzene rings is 2. The Kier molecular flexibility index (Phi) is 7.66. The van der Waals surface area contributed by atoms with E-state index in [2.05, 4.69) is 27.7 Å². The van der Waals surface area contributed by atoms with Gasteiger partial charge in [0.25, 0.3) is 0 Å². The molecule has 0 bridgehead atoms. The number of nitrogens with zero attached hydrogens (tertiary/aromatic N) is 2. The molecule has 2 aromatic carbocycles. The van der Waals surface area contributed by atoms with Crippen LogP contribution in [0.2, 0.25) is 5.02 Å². The highest BCUT2D eigenvalue weighted by Gasteiger charge is 2.34. The van der Waals surface area contributed by atoms with E-state index in [0.29, 0.717) is 30.3 Å². The molecule has 0 spiro atoms. The van der Waals surface area contributed by atoms with Crippen molar-refractivity contribution < 1.29 is 9.59 Å². The number of hydrogen-bond acceptors (Lipinski definition) is 3. The molecule has 170 valence electrons. The zero-order valence-electron chi connectivity index (χ0n) is 18.3. The molecule has 2 aromatic rings. The monoisotopic (exact) mass is 454 g/mol. The summed E-state index contributed by atoms with van der Waals surface area (Å²) in [5, 5.41) is 6.61. The lowest BCUT2D eigenvalue weighted by Crippen LogP contribution is -2.50. The number of hydrogen-bond donors (Lipinski definition) is 2. The molecule has 2 saturated heterocycles. The van der Waals surface area contributed by atoms with Crippen molar-refractivity contribution in [1.82, 2.24) is 15.1 Å². The molecule has 2 atom stereocenters. The summed E-state index contributed by atoms with van der Waals surface area (Å²) in [4.78, 5) is 30.2. The number of likely N-dealkylation sites (tertiary alicyclic amines) is 2. The van der Waals surface area contributed by atoms with Crippen molar-refractivity contribution in [2.45, 2.75) is 25.2 Å². The molecule has 0 radical (unpaired) electrons. The Morgan fingerprint density at radius 1 is 1.00 bits per heavy atom. The van der Waals surface area contributed by atoms with Crippen LogP contribution in [0, 0.1) is 5.92 Å². The highest BCUT2D eigenvalue weighted by molar-refractivity contribution is 6.30. The Morgan fingerprint density at radius 2 is 1.78 bits per heavy atom. The predicted octanol–water partition coefficient (Wildman–Crippen LogP) is 4.19. The molecule has 0 unspecified atom stereocenters. The Labute approximate surface area is 194 Å². The molecule has 2 N–H and O–H groups in total. The number of piperidine rings is 1. The van der Waals surface area contributed by atoms with Gasteiger partial charge in [-0.2, -0.15) is 0 Å². The fourth-order valence-corrected chi connectivity index (χ4v) is 4.87. The molecule has 3 amide bonds.